The molecule has 3 rings (SSSR count). The van der Waals surface area contributed by atoms with E-state index < -0.39 is 0 Å². The first kappa shape index (κ1) is 34.2. The normalized spacial score (nSPS) is 13.4. The molecule has 2 nitrogen and oxygen atoms in total. The van der Waals surface area contributed by atoms with Crippen molar-refractivity contribution >= 4 is 11.4 Å². The zero-order valence-electron chi connectivity index (χ0n) is 27.3. The number of allylic oxidation sites excluding steroid dienone is 2. The van der Waals surface area contributed by atoms with Gasteiger partial charge in [0.1, 0.15) is 0 Å². The van der Waals surface area contributed by atoms with Crippen LogP contribution in [-0.4, -0.2) is 4.70 Å². The summed E-state index contributed by atoms with van der Waals surface area (Å²) in [5, 5.41) is 2.56. The quantitative estimate of drug-likeness (QED) is 0.165. The van der Waals surface area contributed by atoms with Crippen molar-refractivity contribution in [1.29, 1.82) is 0 Å². The molecule has 0 atom stereocenters. The first-order valence-corrected chi connectivity index (χ1v) is 17.4. The van der Waals surface area contributed by atoms with Gasteiger partial charge in [0.05, 0.1) is 0 Å². The summed E-state index contributed by atoms with van der Waals surface area (Å²) in [6.45, 7) is 22.3. The number of unbranched alkanes of at least 4 members (excludes halogenated alkanes) is 1. The molecular weight excluding hydrogens is 531 g/mol. The summed E-state index contributed by atoms with van der Waals surface area (Å²) in [5.41, 5.74) is 27.2. The molecule has 3 heteroatoms. The maximum absolute atomic E-state index is 11.8. The van der Waals surface area contributed by atoms with Gasteiger partial charge in [0.25, 0.3) is 0 Å². The standard InChI is InChI=1S/C33H46N2.2C2H5.Ni/c1-9-16-17-31-22(8)32(27-18-23(10-2)29(14-6)24(11-3)19-27)35(34)33(31)28-20-25(12-4)30(15-7)26(13-5)21-28;2*1-2;/h18-21H,9-17H2,1-8H3;2*1H2,2H3;. The van der Waals surface area contributed by atoms with Crippen LogP contribution in [0.3, 0.4) is 0 Å². The maximum atomic E-state index is 11.8. The Balaban J connectivity index is 0.00000103. The van der Waals surface area contributed by atoms with Crippen LogP contribution >= 0.6 is 0 Å². The second-order valence-corrected chi connectivity index (χ2v) is 12.4. The molecule has 1 heterocycles. The average molecular weight is 588 g/mol. The van der Waals surface area contributed by atoms with Crippen molar-refractivity contribution in [1.82, 2.24) is 0 Å². The van der Waals surface area contributed by atoms with Crippen molar-refractivity contribution in [2.75, 3.05) is 0 Å². The third-order valence-electron chi connectivity index (χ3n) is 8.26. The Kier molecular flexibility index (Phi) is 14.6. The van der Waals surface area contributed by atoms with Gasteiger partial charge in [-0.25, -0.2) is 4.70 Å². The Morgan fingerprint density at radius 1 is 0.600 bits per heavy atom. The first-order chi connectivity index (χ1) is 19.3. The monoisotopic (exact) mass is 586 g/mol. The summed E-state index contributed by atoms with van der Waals surface area (Å²) in [5.74, 6) is 0. The van der Waals surface area contributed by atoms with E-state index in [0.29, 0.717) is 0 Å². The molecule has 2 aromatic carbocycles. The van der Waals surface area contributed by atoms with Crippen molar-refractivity contribution in [3.05, 3.63) is 85.5 Å². The molecule has 0 saturated heterocycles. The summed E-state index contributed by atoms with van der Waals surface area (Å²) in [4.78, 5) is 0. The molecule has 0 bridgehead atoms. The number of hydrogen-bond acceptors (Lipinski definition) is 0. The Morgan fingerprint density at radius 2 is 1.00 bits per heavy atom. The van der Waals surface area contributed by atoms with E-state index in [9.17, 15) is 5.53 Å². The van der Waals surface area contributed by atoms with Crippen molar-refractivity contribution in [2.24, 2.45) is 0 Å². The Morgan fingerprint density at radius 3 is 1.30 bits per heavy atom. The molecule has 0 saturated carbocycles. The van der Waals surface area contributed by atoms with E-state index >= 15 is 0 Å². The fourth-order valence-corrected chi connectivity index (χ4v) is 6.70. The molecule has 0 spiro atoms. The molecule has 224 valence electrons. The van der Waals surface area contributed by atoms with Crippen molar-refractivity contribution in [3.8, 4) is 0 Å². The van der Waals surface area contributed by atoms with Crippen LogP contribution in [0.15, 0.2) is 35.4 Å². The number of aryl methyl sites for hydroxylation is 4. The van der Waals surface area contributed by atoms with Gasteiger partial charge in [-0.2, -0.15) is 0 Å². The van der Waals surface area contributed by atoms with Crippen molar-refractivity contribution in [3.63, 3.8) is 0 Å². The van der Waals surface area contributed by atoms with E-state index in [1.165, 1.54) is 60.0 Å². The van der Waals surface area contributed by atoms with E-state index in [0.717, 1.165) is 80.3 Å². The molecule has 0 aliphatic carbocycles. The fraction of sp³-hybridized carbons (Fsp3) is 0.568. The van der Waals surface area contributed by atoms with Gasteiger partial charge in [-0.15, -0.1) is 0 Å². The average Bonchev–Trinajstić information content (AvgIpc) is 3.23. The molecule has 1 aliphatic heterocycles. The summed E-state index contributed by atoms with van der Waals surface area (Å²) < 4.78 is 1.53. The molecule has 0 N–H and O–H groups in total. The van der Waals surface area contributed by atoms with Crippen LogP contribution < -0.4 is 0 Å². The van der Waals surface area contributed by atoms with Crippen LogP contribution in [0.2, 0.25) is 10.8 Å². The minimum atomic E-state index is 0.967. The molecular formula is C37H56N2Ni. The summed E-state index contributed by atoms with van der Waals surface area (Å²) in [6, 6.07) is 9.34. The van der Waals surface area contributed by atoms with E-state index in [2.05, 4.69) is 93.5 Å². The number of nitrogens with zero attached hydrogens (tertiary/aromatic N) is 2. The summed E-state index contributed by atoms with van der Waals surface area (Å²) >= 11 is 1.82. The van der Waals surface area contributed by atoms with Crippen LogP contribution in [0.5, 0.6) is 0 Å². The zero-order valence-corrected chi connectivity index (χ0v) is 28.3. The van der Waals surface area contributed by atoms with E-state index in [1.54, 1.807) is 0 Å². The van der Waals surface area contributed by atoms with E-state index in [-0.39, 0.29) is 0 Å². The van der Waals surface area contributed by atoms with Crippen LogP contribution in [0.1, 0.15) is 133 Å². The summed E-state index contributed by atoms with van der Waals surface area (Å²) in [6.07, 6.45) is 9.45. The SMILES string of the molecule is CCCCC1=C(c2cc(CC)c(CC)c(CC)c2)[N+](=[N-])C(c2cc(CC)c(CC)c(CC)c2)=C1C.C[CH2][Ni][CH2]C. The zero-order chi connectivity index (χ0) is 29.8. The van der Waals surface area contributed by atoms with Crippen molar-refractivity contribution in [2.45, 2.75) is 138 Å². The number of rotatable bonds is 13. The molecule has 0 unspecified atom stereocenters. The molecule has 0 amide bonds. The molecule has 40 heavy (non-hydrogen) atoms. The van der Waals surface area contributed by atoms with Gasteiger partial charge in [0.2, 0.25) is 11.4 Å². The Bertz CT molecular complexity index is 1160. The molecule has 0 aromatic heterocycles. The van der Waals surface area contributed by atoms with Crippen LogP contribution in [0.4, 0.5) is 0 Å². The molecule has 0 fully saturated rings. The topological polar surface area (TPSA) is 25.3 Å². The predicted molar refractivity (Wildman–Crippen MR) is 173 cm³/mol. The van der Waals surface area contributed by atoms with Gasteiger partial charge in [-0.3, -0.25) is 0 Å². The molecule has 1 aliphatic rings. The second-order valence-electron chi connectivity index (χ2n) is 10.5. The van der Waals surface area contributed by atoms with Crippen LogP contribution in [0, 0.1) is 0 Å². The van der Waals surface area contributed by atoms with Gasteiger partial charge >= 0.3 is 39.1 Å². The second kappa shape index (κ2) is 17.1. The summed E-state index contributed by atoms with van der Waals surface area (Å²) in [7, 11) is 0. The molecule has 0 radical (unpaired) electrons. The number of benzene rings is 2. The van der Waals surface area contributed by atoms with Crippen LogP contribution in [0.25, 0.3) is 16.9 Å². The number of hydrogen-bond donors (Lipinski definition) is 0. The third kappa shape index (κ3) is 7.64. The van der Waals surface area contributed by atoms with Gasteiger partial charge in [-0.05, 0) is 116 Å². The van der Waals surface area contributed by atoms with Gasteiger partial charge < -0.3 is 5.53 Å². The molecule has 2 aromatic rings. The van der Waals surface area contributed by atoms with Gasteiger partial charge in [0, 0.05) is 22.3 Å². The fourth-order valence-electron chi connectivity index (χ4n) is 6.21. The Labute approximate surface area is 253 Å². The van der Waals surface area contributed by atoms with E-state index in [4.69, 9.17) is 0 Å². The van der Waals surface area contributed by atoms with Gasteiger partial charge in [-0.1, -0.05) is 54.9 Å². The van der Waals surface area contributed by atoms with Crippen LogP contribution in [-0.2, 0) is 53.0 Å². The third-order valence-corrected chi connectivity index (χ3v) is 9.25. The van der Waals surface area contributed by atoms with Crippen molar-refractivity contribution < 1.29 is 19.1 Å². The Hall–Kier alpha value is -1.99. The van der Waals surface area contributed by atoms with E-state index in [1.807, 2.05) is 14.4 Å². The van der Waals surface area contributed by atoms with Gasteiger partial charge in [0.15, 0.2) is 0 Å². The minimum absolute atomic E-state index is 0.967. The predicted octanol–water partition coefficient (Wildman–Crippen LogP) is 11.4. The first-order valence-electron chi connectivity index (χ1n) is 16.0.